The van der Waals surface area contributed by atoms with Crippen LogP contribution in [0.25, 0.3) is 0 Å². The third-order valence-corrected chi connectivity index (χ3v) is 5.14. The maximum absolute atomic E-state index is 4.81. The normalized spacial score (nSPS) is 15.6. The molecule has 26 heavy (non-hydrogen) atoms. The molecule has 2 fully saturated rings. The summed E-state index contributed by atoms with van der Waals surface area (Å²) in [7, 11) is 3.71. The first-order valence-electron chi connectivity index (χ1n) is 9.66. The van der Waals surface area contributed by atoms with Gasteiger partial charge in [-0.05, 0) is 65.7 Å². The first-order chi connectivity index (χ1) is 12.4. The van der Waals surface area contributed by atoms with E-state index >= 15 is 0 Å². The Balaban J connectivity index is 0. The number of piperidine rings is 2. The van der Waals surface area contributed by atoms with Gasteiger partial charge >= 0.3 is 0 Å². The van der Waals surface area contributed by atoms with Crippen LogP contribution in [-0.4, -0.2) is 71.8 Å². The van der Waals surface area contributed by atoms with E-state index in [9.17, 15) is 0 Å². The van der Waals surface area contributed by atoms with Gasteiger partial charge in [0, 0.05) is 27.2 Å². The molecule has 8 heteroatoms. The largest absolute Gasteiger partial charge is 0.364 e. The Kier molecular flexibility index (Phi) is 23.9. The van der Waals surface area contributed by atoms with Gasteiger partial charge in [0.2, 0.25) is 0 Å². The molecule has 2 aliphatic heterocycles. The molecule has 0 saturated carbocycles. The van der Waals surface area contributed by atoms with Crippen molar-refractivity contribution in [3.05, 3.63) is 0 Å². The van der Waals surface area contributed by atoms with Gasteiger partial charge in [-0.1, -0.05) is 37.3 Å². The number of nitrogens with one attached hydrogen (secondary N) is 2. The fourth-order valence-electron chi connectivity index (χ4n) is 2.10. The van der Waals surface area contributed by atoms with E-state index in [4.69, 9.17) is 12.2 Å². The standard InChI is InChI=1S/C5H11NS2.2C5H11N.C3H7NS2/c1-3-6(4-2)5(7)8;2*1-2-4-6-5-3-1;1-4(2)3(5)6/h3-4H2,1-2H3,(H,7,8);2*6H,1-5H2;1-2H3,(H,5,6). The Morgan fingerprint density at radius 3 is 1.08 bits per heavy atom. The van der Waals surface area contributed by atoms with Crippen LogP contribution >= 0.6 is 49.7 Å². The molecule has 0 spiro atoms. The summed E-state index contributed by atoms with van der Waals surface area (Å²) in [6, 6.07) is 0. The van der Waals surface area contributed by atoms with E-state index < -0.39 is 0 Å². The number of thiol groups is 2. The topological polar surface area (TPSA) is 30.5 Å². The lowest BCUT2D eigenvalue weighted by Crippen LogP contribution is -2.24. The molecule has 0 unspecified atom stereocenters. The Morgan fingerprint density at radius 1 is 0.731 bits per heavy atom. The third kappa shape index (κ3) is 22.4. The summed E-state index contributed by atoms with van der Waals surface area (Å²) in [4.78, 5) is 3.77. The molecule has 0 atom stereocenters. The van der Waals surface area contributed by atoms with Crippen LogP contribution in [0.4, 0.5) is 0 Å². The molecule has 0 aromatic heterocycles. The molecule has 0 radical (unpaired) electrons. The second-order valence-electron chi connectivity index (χ2n) is 6.25. The molecule has 2 rings (SSSR count). The molecular weight excluding hydrogens is 400 g/mol. The van der Waals surface area contributed by atoms with E-state index in [1.165, 1.54) is 64.7 Å². The van der Waals surface area contributed by atoms with Gasteiger partial charge in [-0.3, -0.25) is 0 Å². The number of hydrogen-bond acceptors (Lipinski definition) is 4. The highest BCUT2D eigenvalue weighted by Gasteiger charge is 1.96. The quantitative estimate of drug-likeness (QED) is 0.386. The minimum Gasteiger partial charge on any atom is -0.364 e. The molecule has 156 valence electrons. The molecule has 2 N–H and O–H groups in total. The van der Waals surface area contributed by atoms with Gasteiger partial charge in [0.25, 0.3) is 0 Å². The maximum atomic E-state index is 4.81. The van der Waals surface area contributed by atoms with Crippen molar-refractivity contribution in [2.75, 3.05) is 53.4 Å². The Labute approximate surface area is 184 Å². The zero-order chi connectivity index (χ0) is 20.2. The lowest BCUT2D eigenvalue weighted by molar-refractivity contribution is 0.482. The van der Waals surface area contributed by atoms with Crippen molar-refractivity contribution in [2.24, 2.45) is 0 Å². The molecule has 0 bridgehead atoms. The summed E-state index contributed by atoms with van der Waals surface area (Å²) in [6.45, 7) is 11.0. The van der Waals surface area contributed by atoms with Gasteiger partial charge in [0.15, 0.2) is 0 Å². The van der Waals surface area contributed by atoms with E-state index in [0.717, 1.165) is 13.1 Å². The highest BCUT2D eigenvalue weighted by atomic mass is 32.1. The second kappa shape index (κ2) is 21.7. The summed E-state index contributed by atoms with van der Waals surface area (Å²) in [5.41, 5.74) is 0. The number of thiocarbonyl (C=S) groups is 2. The van der Waals surface area contributed by atoms with Crippen LogP contribution in [0.3, 0.4) is 0 Å². The van der Waals surface area contributed by atoms with Gasteiger partial charge in [-0.15, -0.1) is 25.3 Å². The second-order valence-corrected chi connectivity index (χ2v) is 8.48. The average molecular weight is 441 g/mol. The minimum absolute atomic E-state index is 0.620. The van der Waals surface area contributed by atoms with Gasteiger partial charge in [-0.25, -0.2) is 0 Å². The highest BCUT2D eigenvalue weighted by Crippen LogP contribution is 1.97. The molecule has 0 aromatic carbocycles. The van der Waals surface area contributed by atoms with Gasteiger partial charge in [0.1, 0.15) is 8.64 Å². The fourth-order valence-corrected chi connectivity index (χ4v) is 2.64. The van der Waals surface area contributed by atoms with Crippen molar-refractivity contribution in [2.45, 2.75) is 52.4 Å². The van der Waals surface area contributed by atoms with Crippen molar-refractivity contribution in [1.82, 2.24) is 20.4 Å². The van der Waals surface area contributed by atoms with Crippen LogP contribution in [0.2, 0.25) is 0 Å². The zero-order valence-electron chi connectivity index (χ0n) is 17.1. The van der Waals surface area contributed by atoms with Crippen molar-refractivity contribution in [3.63, 3.8) is 0 Å². The smallest absolute Gasteiger partial charge is 0.133 e. The molecule has 2 aliphatic rings. The average Bonchev–Trinajstić information content (AvgIpc) is 2.67. The summed E-state index contributed by atoms with van der Waals surface area (Å²) >= 11 is 17.3. The first kappa shape index (κ1) is 28.6. The predicted molar refractivity (Wildman–Crippen MR) is 133 cm³/mol. The summed E-state index contributed by atoms with van der Waals surface area (Å²) in [5.74, 6) is 0. The monoisotopic (exact) mass is 440 g/mol. The van der Waals surface area contributed by atoms with Crippen molar-refractivity contribution >= 4 is 58.3 Å². The third-order valence-electron chi connectivity index (χ3n) is 3.83. The van der Waals surface area contributed by atoms with E-state index in [-0.39, 0.29) is 0 Å². The van der Waals surface area contributed by atoms with Gasteiger partial charge in [0.05, 0.1) is 0 Å². The summed E-state index contributed by atoms with van der Waals surface area (Å²) < 4.78 is 1.31. The maximum Gasteiger partial charge on any atom is 0.133 e. The molecule has 2 heterocycles. The molecule has 0 aromatic rings. The lowest BCUT2D eigenvalue weighted by atomic mass is 10.2. The number of nitrogens with zero attached hydrogens (tertiary/aromatic N) is 2. The Bertz CT molecular complexity index is 294. The Morgan fingerprint density at radius 2 is 1.04 bits per heavy atom. The zero-order valence-corrected chi connectivity index (χ0v) is 20.5. The van der Waals surface area contributed by atoms with Gasteiger partial charge in [-0.2, -0.15) is 0 Å². The van der Waals surface area contributed by atoms with Crippen LogP contribution in [0, 0.1) is 0 Å². The molecule has 0 aliphatic carbocycles. The van der Waals surface area contributed by atoms with E-state index in [1.807, 2.05) is 19.0 Å². The van der Waals surface area contributed by atoms with Crippen molar-refractivity contribution in [1.29, 1.82) is 0 Å². The van der Waals surface area contributed by atoms with Gasteiger partial charge < -0.3 is 20.4 Å². The summed E-state index contributed by atoms with van der Waals surface area (Å²) in [5, 5.41) is 6.57. The van der Waals surface area contributed by atoms with Crippen LogP contribution in [-0.2, 0) is 0 Å². The number of rotatable bonds is 2. The van der Waals surface area contributed by atoms with Crippen LogP contribution in [0.5, 0.6) is 0 Å². The Hall–Kier alpha value is 0.400. The lowest BCUT2D eigenvalue weighted by Gasteiger charge is -2.16. The van der Waals surface area contributed by atoms with Crippen LogP contribution in [0.1, 0.15) is 52.4 Å². The SMILES string of the molecule is C1CCNCC1.C1CCNCC1.CCN(CC)C(=S)S.CN(C)C(=S)S. The van der Waals surface area contributed by atoms with Crippen molar-refractivity contribution < 1.29 is 0 Å². The van der Waals surface area contributed by atoms with Crippen LogP contribution < -0.4 is 10.6 Å². The van der Waals surface area contributed by atoms with Crippen LogP contribution in [0.15, 0.2) is 0 Å². The predicted octanol–water partition coefficient (Wildman–Crippen LogP) is 3.83. The molecule has 2 saturated heterocycles. The molecule has 0 amide bonds. The van der Waals surface area contributed by atoms with Crippen molar-refractivity contribution in [3.8, 4) is 0 Å². The fraction of sp³-hybridized carbons (Fsp3) is 0.889. The molecular formula is C18H40N4S4. The minimum atomic E-state index is 0.620. The van der Waals surface area contributed by atoms with E-state index in [2.05, 4.69) is 62.0 Å². The molecule has 4 nitrogen and oxygen atoms in total. The van der Waals surface area contributed by atoms with E-state index in [0.29, 0.717) is 8.64 Å². The number of hydrogen-bond donors (Lipinski definition) is 4. The van der Waals surface area contributed by atoms with E-state index in [1.54, 1.807) is 4.90 Å². The highest BCUT2D eigenvalue weighted by molar-refractivity contribution is 8.11. The first-order valence-corrected chi connectivity index (χ1v) is 11.4. The summed E-state index contributed by atoms with van der Waals surface area (Å²) in [6.07, 6.45) is 8.43.